The van der Waals surface area contributed by atoms with Crippen LogP contribution in [0.15, 0.2) is 24.3 Å². The molecule has 0 bridgehead atoms. The van der Waals surface area contributed by atoms with Crippen LogP contribution in [0.4, 0.5) is 0 Å². The van der Waals surface area contributed by atoms with Crippen molar-refractivity contribution in [3.05, 3.63) is 35.4 Å². The standard InChI is InChI=1S/C16H19NO6/c1-2-23-14(18)11-22-10-9-21-8-7-17-15(19)12-5-3-4-6-13(12)16(17)20/h3-6H,2,7-11H2,1H3. The summed E-state index contributed by atoms with van der Waals surface area (Å²) in [4.78, 5) is 36.4. The largest absolute Gasteiger partial charge is 0.464 e. The predicted molar refractivity (Wildman–Crippen MR) is 80.1 cm³/mol. The fourth-order valence-electron chi connectivity index (χ4n) is 2.18. The van der Waals surface area contributed by atoms with Crippen LogP contribution < -0.4 is 0 Å². The smallest absolute Gasteiger partial charge is 0.332 e. The molecule has 0 aromatic heterocycles. The minimum absolute atomic E-state index is 0.115. The number of imide groups is 1. The number of carbonyl (C=O) groups is 3. The van der Waals surface area contributed by atoms with Gasteiger partial charge in [0.25, 0.3) is 11.8 Å². The van der Waals surface area contributed by atoms with Crippen molar-refractivity contribution in [2.45, 2.75) is 6.92 Å². The maximum absolute atomic E-state index is 12.1. The third kappa shape index (κ3) is 4.37. The first kappa shape index (κ1) is 17.1. The molecule has 7 nitrogen and oxygen atoms in total. The maximum atomic E-state index is 12.1. The van der Waals surface area contributed by atoms with Gasteiger partial charge in [-0.05, 0) is 19.1 Å². The highest BCUT2D eigenvalue weighted by Crippen LogP contribution is 2.21. The van der Waals surface area contributed by atoms with Gasteiger partial charge in [0.1, 0.15) is 6.61 Å². The molecule has 1 aromatic carbocycles. The molecule has 0 N–H and O–H groups in total. The van der Waals surface area contributed by atoms with Crippen LogP contribution in [0.2, 0.25) is 0 Å². The fraction of sp³-hybridized carbons (Fsp3) is 0.438. The Morgan fingerprint density at radius 2 is 1.61 bits per heavy atom. The van der Waals surface area contributed by atoms with Crippen molar-refractivity contribution in [1.82, 2.24) is 4.90 Å². The minimum atomic E-state index is -0.418. The zero-order valence-electron chi connectivity index (χ0n) is 12.9. The number of benzene rings is 1. The first-order chi connectivity index (χ1) is 11.1. The van der Waals surface area contributed by atoms with Gasteiger partial charge in [0.15, 0.2) is 0 Å². The first-order valence-corrected chi connectivity index (χ1v) is 7.41. The number of nitrogens with zero attached hydrogens (tertiary/aromatic N) is 1. The molecule has 0 aliphatic carbocycles. The van der Waals surface area contributed by atoms with Crippen LogP contribution >= 0.6 is 0 Å². The van der Waals surface area contributed by atoms with Crippen molar-refractivity contribution < 1.29 is 28.6 Å². The summed E-state index contributed by atoms with van der Waals surface area (Å²) < 4.78 is 15.1. The van der Waals surface area contributed by atoms with Gasteiger partial charge in [-0.25, -0.2) is 4.79 Å². The average molecular weight is 321 g/mol. The Bertz CT molecular complexity index is 551. The number of hydrogen-bond acceptors (Lipinski definition) is 6. The number of rotatable bonds is 9. The molecule has 1 aliphatic rings. The van der Waals surface area contributed by atoms with Crippen molar-refractivity contribution in [3.8, 4) is 0 Å². The number of esters is 1. The molecule has 1 heterocycles. The quantitative estimate of drug-likeness (QED) is 0.381. The summed E-state index contributed by atoms with van der Waals surface area (Å²) in [5, 5.41) is 0. The van der Waals surface area contributed by atoms with Crippen LogP contribution in [-0.2, 0) is 19.0 Å². The molecule has 0 atom stereocenters. The minimum Gasteiger partial charge on any atom is -0.464 e. The normalized spacial score (nSPS) is 13.3. The fourth-order valence-corrected chi connectivity index (χ4v) is 2.18. The lowest BCUT2D eigenvalue weighted by Gasteiger charge is -2.13. The van der Waals surface area contributed by atoms with E-state index in [9.17, 15) is 14.4 Å². The Morgan fingerprint density at radius 1 is 1.00 bits per heavy atom. The number of hydrogen-bond donors (Lipinski definition) is 0. The van der Waals surface area contributed by atoms with Crippen LogP contribution in [0.5, 0.6) is 0 Å². The highest BCUT2D eigenvalue weighted by Gasteiger charge is 2.34. The van der Waals surface area contributed by atoms with Gasteiger partial charge in [0.2, 0.25) is 0 Å². The molecular weight excluding hydrogens is 302 g/mol. The van der Waals surface area contributed by atoms with Crippen molar-refractivity contribution >= 4 is 17.8 Å². The van der Waals surface area contributed by atoms with E-state index < -0.39 is 5.97 Å². The van der Waals surface area contributed by atoms with E-state index in [0.29, 0.717) is 17.7 Å². The Balaban J connectivity index is 1.63. The van der Waals surface area contributed by atoms with Crippen molar-refractivity contribution in [2.75, 3.05) is 39.6 Å². The molecule has 7 heteroatoms. The molecule has 0 unspecified atom stereocenters. The average Bonchev–Trinajstić information content (AvgIpc) is 2.79. The van der Waals surface area contributed by atoms with Gasteiger partial charge >= 0.3 is 5.97 Å². The van der Waals surface area contributed by atoms with Crippen molar-refractivity contribution in [2.24, 2.45) is 0 Å². The van der Waals surface area contributed by atoms with Crippen molar-refractivity contribution in [1.29, 1.82) is 0 Å². The second kappa shape index (κ2) is 8.40. The van der Waals surface area contributed by atoms with Gasteiger partial charge in [-0.15, -0.1) is 0 Å². The molecule has 2 amide bonds. The second-order valence-electron chi connectivity index (χ2n) is 4.78. The second-order valence-corrected chi connectivity index (χ2v) is 4.78. The maximum Gasteiger partial charge on any atom is 0.332 e. The molecule has 124 valence electrons. The summed E-state index contributed by atoms with van der Waals surface area (Å²) in [7, 11) is 0. The summed E-state index contributed by atoms with van der Waals surface area (Å²) in [5.41, 5.74) is 0.852. The monoisotopic (exact) mass is 321 g/mol. The zero-order chi connectivity index (χ0) is 16.7. The molecule has 2 rings (SSSR count). The van der Waals surface area contributed by atoms with Crippen molar-refractivity contribution in [3.63, 3.8) is 0 Å². The van der Waals surface area contributed by atoms with Crippen LogP contribution in [-0.4, -0.2) is 62.3 Å². The molecule has 1 aliphatic heterocycles. The molecule has 0 saturated carbocycles. The van der Waals surface area contributed by atoms with E-state index >= 15 is 0 Å². The highest BCUT2D eigenvalue weighted by molar-refractivity contribution is 6.21. The Kier molecular flexibility index (Phi) is 6.25. The van der Waals surface area contributed by atoms with Crippen LogP contribution in [0.3, 0.4) is 0 Å². The van der Waals surface area contributed by atoms with E-state index in [0.717, 1.165) is 0 Å². The molecule has 23 heavy (non-hydrogen) atoms. The molecule has 0 fully saturated rings. The first-order valence-electron chi connectivity index (χ1n) is 7.41. The van der Waals surface area contributed by atoms with Gasteiger partial charge < -0.3 is 14.2 Å². The summed E-state index contributed by atoms with van der Waals surface area (Å²) in [6.07, 6.45) is 0. The summed E-state index contributed by atoms with van der Waals surface area (Å²) in [5.74, 6) is -1.01. The number of ether oxygens (including phenoxy) is 3. The number of fused-ring (bicyclic) bond motifs is 1. The van der Waals surface area contributed by atoms with Gasteiger partial charge in [0, 0.05) is 0 Å². The van der Waals surface area contributed by atoms with Crippen LogP contribution in [0.25, 0.3) is 0 Å². The summed E-state index contributed by atoms with van der Waals surface area (Å²) >= 11 is 0. The number of amides is 2. The Morgan fingerprint density at radius 3 is 2.22 bits per heavy atom. The number of carbonyl (C=O) groups excluding carboxylic acids is 3. The van der Waals surface area contributed by atoms with E-state index in [-0.39, 0.29) is 44.8 Å². The summed E-state index contributed by atoms with van der Waals surface area (Å²) in [6, 6.07) is 6.73. The molecule has 0 saturated heterocycles. The van der Waals surface area contributed by atoms with Gasteiger partial charge in [0.05, 0.1) is 44.1 Å². The van der Waals surface area contributed by atoms with E-state index in [2.05, 4.69) is 0 Å². The summed E-state index contributed by atoms with van der Waals surface area (Å²) in [6.45, 7) is 2.83. The lowest BCUT2D eigenvalue weighted by molar-refractivity contribution is -0.148. The van der Waals surface area contributed by atoms with Gasteiger partial charge in [-0.2, -0.15) is 0 Å². The lowest BCUT2D eigenvalue weighted by Crippen LogP contribution is -2.33. The van der Waals surface area contributed by atoms with Crippen LogP contribution in [0, 0.1) is 0 Å². The van der Waals surface area contributed by atoms with Gasteiger partial charge in [-0.1, -0.05) is 12.1 Å². The third-order valence-corrected chi connectivity index (χ3v) is 3.23. The van der Waals surface area contributed by atoms with Gasteiger partial charge in [-0.3, -0.25) is 14.5 Å². The molecule has 1 aromatic rings. The zero-order valence-corrected chi connectivity index (χ0v) is 12.9. The van der Waals surface area contributed by atoms with E-state index in [4.69, 9.17) is 14.2 Å². The highest BCUT2D eigenvalue weighted by atomic mass is 16.6. The SMILES string of the molecule is CCOC(=O)COCCOCCN1C(=O)c2ccccc2C1=O. The third-order valence-electron chi connectivity index (χ3n) is 3.23. The lowest BCUT2D eigenvalue weighted by atomic mass is 10.1. The molecule has 0 spiro atoms. The van der Waals surface area contributed by atoms with E-state index in [1.54, 1.807) is 31.2 Å². The molecule has 0 radical (unpaired) electrons. The predicted octanol–water partition coefficient (Wildman–Crippen LogP) is 0.879. The Hall–Kier alpha value is -2.25. The molecular formula is C16H19NO6. The Labute approximate surface area is 134 Å². The van der Waals surface area contributed by atoms with E-state index in [1.165, 1.54) is 4.90 Å². The van der Waals surface area contributed by atoms with Crippen LogP contribution in [0.1, 0.15) is 27.6 Å². The topological polar surface area (TPSA) is 82.1 Å². The van der Waals surface area contributed by atoms with E-state index in [1.807, 2.05) is 0 Å².